The van der Waals surface area contributed by atoms with E-state index < -0.39 is 5.97 Å². The average Bonchev–Trinajstić information content (AvgIpc) is 2.46. The first-order valence-corrected chi connectivity index (χ1v) is 7.15. The molecule has 1 aromatic rings. The highest BCUT2D eigenvalue weighted by molar-refractivity contribution is 5.89. The van der Waals surface area contributed by atoms with Crippen LogP contribution in [0, 0.1) is 6.10 Å². The minimum atomic E-state index is -0.473. The van der Waals surface area contributed by atoms with E-state index in [1.807, 2.05) is 13.8 Å². The zero-order valence-corrected chi connectivity index (χ0v) is 12.1. The van der Waals surface area contributed by atoms with Crippen molar-refractivity contribution in [3.63, 3.8) is 0 Å². The molecule has 0 aliphatic heterocycles. The topological polar surface area (TPSA) is 44.8 Å². The van der Waals surface area contributed by atoms with Crippen LogP contribution in [0.1, 0.15) is 56.3 Å². The Kier molecular flexibility index (Phi) is 5.41. The van der Waals surface area contributed by atoms with Crippen molar-refractivity contribution in [2.24, 2.45) is 0 Å². The van der Waals surface area contributed by atoms with E-state index in [0.29, 0.717) is 5.56 Å². The fraction of sp³-hybridized carbons (Fsp3) is 0.500. The molecule has 0 atom stereocenters. The van der Waals surface area contributed by atoms with E-state index in [1.54, 1.807) is 24.3 Å². The van der Waals surface area contributed by atoms with Crippen molar-refractivity contribution in [2.45, 2.75) is 52.1 Å². The molecular formula is C16H21O4. The molecule has 0 N–H and O–H groups in total. The Hall–Kier alpha value is -1.55. The number of hydrogen-bond acceptors (Lipinski definition) is 4. The zero-order valence-electron chi connectivity index (χ0n) is 12.1. The molecular weight excluding hydrogens is 256 g/mol. The third-order valence-corrected chi connectivity index (χ3v) is 3.11. The van der Waals surface area contributed by atoms with Gasteiger partial charge in [0.1, 0.15) is 11.9 Å². The molecule has 0 aromatic heterocycles. The molecule has 20 heavy (non-hydrogen) atoms. The van der Waals surface area contributed by atoms with Crippen LogP contribution >= 0.6 is 0 Å². The van der Waals surface area contributed by atoms with Crippen molar-refractivity contribution in [3.05, 3.63) is 35.9 Å². The molecule has 1 aliphatic carbocycles. The lowest BCUT2D eigenvalue weighted by atomic mass is 9.98. The number of carbonyl (C=O) groups is 1. The van der Waals surface area contributed by atoms with Gasteiger partial charge in [0.25, 0.3) is 0 Å². The highest BCUT2D eigenvalue weighted by Crippen LogP contribution is 2.27. The third-order valence-electron chi connectivity index (χ3n) is 3.11. The van der Waals surface area contributed by atoms with Gasteiger partial charge in [0.2, 0.25) is 0 Å². The minimum absolute atomic E-state index is 0.110. The van der Waals surface area contributed by atoms with Crippen molar-refractivity contribution in [1.82, 2.24) is 0 Å². The second-order valence-corrected chi connectivity index (χ2v) is 5.24. The fourth-order valence-corrected chi connectivity index (χ4v) is 2.12. The van der Waals surface area contributed by atoms with Crippen molar-refractivity contribution in [2.75, 3.05) is 0 Å². The van der Waals surface area contributed by atoms with Gasteiger partial charge in [0.05, 0.1) is 11.7 Å². The van der Waals surface area contributed by atoms with Gasteiger partial charge in [0.15, 0.2) is 0 Å². The normalized spacial score (nSPS) is 16.1. The van der Waals surface area contributed by atoms with Crippen molar-refractivity contribution >= 4 is 5.97 Å². The average molecular weight is 277 g/mol. The molecule has 0 spiro atoms. The van der Waals surface area contributed by atoms with E-state index in [-0.39, 0.29) is 6.10 Å². The van der Waals surface area contributed by atoms with Crippen LogP contribution < -0.4 is 4.74 Å². The molecule has 0 amide bonds. The third kappa shape index (κ3) is 4.53. The standard InChI is InChI=1S/C16H21O4/c1-12(2)18-14-10-8-13(9-11-14)16(17)20-19-15-6-4-3-5-7-15/h8-12H,3-7H2,1-2H3. The summed E-state index contributed by atoms with van der Waals surface area (Å²) in [5.74, 6) is 0.262. The molecule has 1 fully saturated rings. The van der Waals surface area contributed by atoms with Crippen molar-refractivity contribution in [1.29, 1.82) is 0 Å². The van der Waals surface area contributed by atoms with E-state index in [9.17, 15) is 4.79 Å². The Labute approximate surface area is 120 Å². The summed E-state index contributed by atoms with van der Waals surface area (Å²) in [7, 11) is 0. The van der Waals surface area contributed by atoms with Crippen molar-refractivity contribution in [3.8, 4) is 5.75 Å². The predicted molar refractivity (Wildman–Crippen MR) is 75.0 cm³/mol. The molecule has 1 aromatic carbocycles. The predicted octanol–water partition coefficient (Wildman–Crippen LogP) is 4.06. The minimum Gasteiger partial charge on any atom is -0.491 e. The van der Waals surface area contributed by atoms with Crippen LogP contribution in [-0.2, 0) is 9.78 Å². The molecule has 0 bridgehead atoms. The summed E-state index contributed by atoms with van der Waals surface area (Å²) in [6.07, 6.45) is 6.17. The number of hydrogen-bond donors (Lipinski definition) is 0. The maximum absolute atomic E-state index is 11.8. The molecule has 0 unspecified atom stereocenters. The summed E-state index contributed by atoms with van der Waals surface area (Å²) >= 11 is 0. The second kappa shape index (κ2) is 7.29. The first kappa shape index (κ1) is 14.9. The Morgan fingerprint density at radius 3 is 2.30 bits per heavy atom. The molecule has 4 nitrogen and oxygen atoms in total. The van der Waals surface area contributed by atoms with E-state index in [0.717, 1.165) is 37.5 Å². The molecule has 2 rings (SSSR count). The maximum atomic E-state index is 11.8. The maximum Gasteiger partial charge on any atom is 0.373 e. The van der Waals surface area contributed by atoms with Gasteiger partial charge in [-0.3, -0.25) is 4.89 Å². The molecule has 1 saturated carbocycles. The van der Waals surface area contributed by atoms with Gasteiger partial charge in [0, 0.05) is 0 Å². The van der Waals surface area contributed by atoms with Crippen LogP contribution in [0.3, 0.4) is 0 Å². The Balaban J connectivity index is 1.82. The van der Waals surface area contributed by atoms with E-state index in [4.69, 9.17) is 14.5 Å². The van der Waals surface area contributed by atoms with E-state index in [2.05, 4.69) is 0 Å². The van der Waals surface area contributed by atoms with Gasteiger partial charge in [-0.15, -0.1) is 0 Å². The largest absolute Gasteiger partial charge is 0.491 e. The number of ether oxygens (including phenoxy) is 1. The lowest BCUT2D eigenvalue weighted by molar-refractivity contribution is -0.239. The van der Waals surface area contributed by atoms with Crippen molar-refractivity contribution < 1.29 is 19.3 Å². The molecule has 1 aliphatic rings. The molecule has 1 radical (unpaired) electrons. The summed E-state index contributed by atoms with van der Waals surface area (Å²) in [5, 5.41) is 0. The van der Waals surface area contributed by atoms with Crippen LogP contribution in [0.15, 0.2) is 24.3 Å². The fourth-order valence-electron chi connectivity index (χ4n) is 2.12. The molecule has 109 valence electrons. The summed E-state index contributed by atoms with van der Waals surface area (Å²) in [5.41, 5.74) is 0.456. The lowest BCUT2D eigenvalue weighted by Crippen LogP contribution is -2.13. The summed E-state index contributed by atoms with van der Waals surface area (Å²) in [6, 6.07) is 6.86. The number of rotatable bonds is 5. The smallest absolute Gasteiger partial charge is 0.373 e. The Morgan fingerprint density at radius 1 is 1.05 bits per heavy atom. The van der Waals surface area contributed by atoms with Gasteiger partial charge in [-0.05, 0) is 51.0 Å². The summed E-state index contributed by atoms with van der Waals surface area (Å²) in [6.45, 7) is 3.91. The highest BCUT2D eigenvalue weighted by atomic mass is 17.2. The zero-order chi connectivity index (χ0) is 14.4. The van der Waals surface area contributed by atoms with Crippen LogP contribution in [0.2, 0.25) is 0 Å². The monoisotopic (exact) mass is 277 g/mol. The number of benzene rings is 1. The second-order valence-electron chi connectivity index (χ2n) is 5.24. The Morgan fingerprint density at radius 2 is 1.70 bits per heavy atom. The molecule has 4 heteroatoms. The van der Waals surface area contributed by atoms with Gasteiger partial charge >= 0.3 is 5.97 Å². The van der Waals surface area contributed by atoms with E-state index in [1.165, 1.54) is 6.42 Å². The SMILES string of the molecule is CC(C)Oc1ccc(C(=O)OO[C]2CCCCC2)cc1. The molecule has 0 saturated heterocycles. The summed E-state index contributed by atoms with van der Waals surface area (Å²) < 4.78 is 5.52. The first-order chi connectivity index (χ1) is 9.65. The van der Waals surface area contributed by atoms with Gasteiger partial charge in [-0.25, -0.2) is 4.79 Å². The van der Waals surface area contributed by atoms with Crippen LogP contribution in [0.5, 0.6) is 5.75 Å². The Bertz CT molecular complexity index is 419. The lowest BCUT2D eigenvalue weighted by Gasteiger charge is -2.18. The van der Waals surface area contributed by atoms with Crippen LogP contribution in [0.25, 0.3) is 0 Å². The molecule has 0 heterocycles. The van der Waals surface area contributed by atoms with E-state index >= 15 is 0 Å². The van der Waals surface area contributed by atoms with Gasteiger partial charge in [-0.2, -0.15) is 4.89 Å². The van der Waals surface area contributed by atoms with Gasteiger partial charge in [-0.1, -0.05) is 19.3 Å². The summed E-state index contributed by atoms with van der Waals surface area (Å²) in [4.78, 5) is 21.8. The number of carbonyl (C=O) groups excluding carboxylic acids is 1. The first-order valence-electron chi connectivity index (χ1n) is 7.15. The quantitative estimate of drug-likeness (QED) is 0.601. The van der Waals surface area contributed by atoms with Crippen LogP contribution in [-0.4, -0.2) is 12.1 Å². The highest BCUT2D eigenvalue weighted by Gasteiger charge is 2.19. The van der Waals surface area contributed by atoms with Crippen LogP contribution in [0.4, 0.5) is 0 Å². The van der Waals surface area contributed by atoms with Gasteiger partial charge < -0.3 is 4.74 Å².